The van der Waals surface area contributed by atoms with Gasteiger partial charge in [0.25, 0.3) is 0 Å². The van der Waals surface area contributed by atoms with Crippen LogP contribution in [0.25, 0.3) is 0 Å². The van der Waals surface area contributed by atoms with Crippen molar-refractivity contribution in [1.29, 1.82) is 0 Å². The summed E-state index contributed by atoms with van der Waals surface area (Å²) in [5, 5.41) is 0. The van der Waals surface area contributed by atoms with Crippen LogP contribution < -0.4 is 0 Å². The summed E-state index contributed by atoms with van der Waals surface area (Å²) in [7, 11) is 0. The lowest BCUT2D eigenvalue weighted by atomic mass is 9.91. The first kappa shape index (κ1) is 28.7. The van der Waals surface area contributed by atoms with Crippen LogP contribution in [-0.2, 0) is 0 Å². The molecule has 0 fully saturated rings. The number of halogens is 19. The molecular formula is C8F17I2P. The molecule has 0 nitrogen and oxygen atoms in total. The van der Waals surface area contributed by atoms with Crippen molar-refractivity contribution in [1.82, 2.24) is 0 Å². The Morgan fingerprint density at radius 3 is 0.786 bits per heavy atom. The average Bonchev–Trinajstić information content (AvgIpc) is 2.44. The van der Waals surface area contributed by atoms with Crippen molar-refractivity contribution in [3.8, 4) is 0 Å². The average molecular weight is 704 g/mol. The van der Waals surface area contributed by atoms with Crippen LogP contribution in [0, 0.1) is 0 Å². The minimum Gasteiger partial charge on any atom is -0.193 e. The van der Waals surface area contributed by atoms with Crippen molar-refractivity contribution in [2.75, 3.05) is 0 Å². The summed E-state index contributed by atoms with van der Waals surface area (Å²) < 4.78 is 214. The van der Waals surface area contributed by atoms with E-state index in [1.54, 1.807) is 0 Å². The summed E-state index contributed by atoms with van der Waals surface area (Å²) in [6, 6.07) is 0. The molecule has 0 heterocycles. The maximum atomic E-state index is 13.2. The van der Waals surface area contributed by atoms with Gasteiger partial charge < -0.3 is 0 Å². The van der Waals surface area contributed by atoms with Gasteiger partial charge in [0.15, 0.2) is 0 Å². The molecule has 0 rings (SSSR count). The molecule has 0 unspecified atom stereocenters. The molecule has 0 N–H and O–H groups in total. The maximum absolute atomic E-state index is 13.2. The number of hydrogen-bond donors (Lipinski definition) is 0. The summed E-state index contributed by atoms with van der Waals surface area (Å²) in [5.74, 6) is -49.4. The van der Waals surface area contributed by atoms with Crippen LogP contribution in [-0.4, -0.2) is 47.4 Å². The van der Waals surface area contributed by atoms with Gasteiger partial charge in [-0.05, 0) is 44.1 Å². The molecule has 20 heteroatoms. The molecule has 0 spiro atoms. The van der Waals surface area contributed by atoms with Crippen molar-refractivity contribution >= 4 is 47.3 Å². The summed E-state index contributed by atoms with van der Waals surface area (Å²) in [5.41, 5.74) is -6.27. The first-order valence-electron chi connectivity index (χ1n) is 5.52. The zero-order valence-electron chi connectivity index (χ0n) is 11.6. The molecule has 0 radical (unpaired) electrons. The van der Waals surface area contributed by atoms with E-state index in [4.69, 9.17) is 0 Å². The molecule has 170 valence electrons. The Kier molecular flexibility index (Phi) is 7.57. The van der Waals surface area contributed by atoms with Gasteiger partial charge in [0.2, 0.25) is 0 Å². The van der Waals surface area contributed by atoms with Crippen molar-refractivity contribution < 1.29 is 74.6 Å². The third-order valence-corrected chi connectivity index (χ3v) is 7.26. The molecule has 0 aromatic rings. The summed E-state index contributed by atoms with van der Waals surface area (Å²) in [6.07, 6.45) is -7.74. The van der Waals surface area contributed by atoms with Gasteiger partial charge in [-0.25, -0.2) is 0 Å². The van der Waals surface area contributed by atoms with Crippen molar-refractivity contribution in [2.24, 2.45) is 0 Å². The van der Waals surface area contributed by atoms with Gasteiger partial charge in [-0.1, -0.05) is 0 Å². The molecule has 0 aromatic heterocycles. The van der Waals surface area contributed by atoms with Crippen LogP contribution in [0.4, 0.5) is 74.6 Å². The second-order valence-corrected chi connectivity index (χ2v) is 17.1. The van der Waals surface area contributed by atoms with E-state index >= 15 is 0 Å². The van der Waals surface area contributed by atoms with E-state index in [-0.39, 0.29) is 44.1 Å². The van der Waals surface area contributed by atoms with E-state index in [0.717, 1.165) is 0 Å². The van der Waals surface area contributed by atoms with E-state index < -0.39 is 50.6 Å². The number of hydrogen-bond acceptors (Lipinski definition) is 0. The molecule has 0 aromatic carbocycles. The van der Waals surface area contributed by atoms with Gasteiger partial charge in [-0.2, -0.15) is 74.6 Å². The van der Waals surface area contributed by atoms with Crippen LogP contribution >= 0.6 is 47.3 Å². The Hall–Kier alpha value is 0.700. The maximum Gasteiger partial charge on any atom is 0.460 e. The largest absolute Gasteiger partial charge is 0.460 e. The molecule has 0 saturated carbocycles. The molecule has 0 bridgehead atoms. The monoisotopic (exact) mass is 704 g/mol. The minimum atomic E-state index is -8.57. The minimum absolute atomic E-state index is 0.278. The quantitative estimate of drug-likeness (QED) is 0.143. The second kappa shape index (κ2) is 7.39. The van der Waals surface area contributed by atoms with Crippen molar-refractivity contribution in [2.45, 2.75) is 47.4 Å². The highest BCUT2D eigenvalue weighted by Crippen LogP contribution is 2.74. The fourth-order valence-corrected chi connectivity index (χ4v) is 3.43. The van der Waals surface area contributed by atoms with Gasteiger partial charge in [0, 0.05) is 0 Å². The SMILES string of the molecule is FC(F)(F)C(F)(F)C(F)(F)C(F)(F)C(F)(F)C(F)(F)C(F)(F)C(F)(F)P(I)I. The Bertz CT molecular complexity index is 578. The molecule has 0 aliphatic heterocycles. The smallest absolute Gasteiger partial charge is 0.193 e. The predicted molar refractivity (Wildman–Crippen MR) is 75.6 cm³/mol. The lowest BCUT2D eigenvalue weighted by Gasteiger charge is -2.43. The standard InChI is InChI=1S/C8F17I2P/c9-1(10,3(13,14)5(17,18)7(21,22)23)2(11,12)4(15,16)6(19,20)8(24,25)28(26)27. The fraction of sp³-hybridized carbons (Fsp3) is 1.00. The van der Waals surface area contributed by atoms with Gasteiger partial charge in [-0.15, -0.1) is 0 Å². The molecule has 0 aliphatic carbocycles. The van der Waals surface area contributed by atoms with E-state index in [9.17, 15) is 74.6 Å². The van der Waals surface area contributed by atoms with Gasteiger partial charge in [0.05, 0.1) is 0 Å². The highest BCUT2D eigenvalue weighted by atomic mass is 127. The van der Waals surface area contributed by atoms with Crippen LogP contribution in [0.3, 0.4) is 0 Å². The van der Waals surface area contributed by atoms with Crippen LogP contribution in [0.1, 0.15) is 0 Å². The normalized spacial score (nSPS) is 16.7. The Morgan fingerprint density at radius 2 is 0.571 bits per heavy atom. The van der Waals surface area contributed by atoms with Crippen LogP contribution in [0.15, 0.2) is 0 Å². The summed E-state index contributed by atoms with van der Waals surface area (Å²) in [6.45, 7) is 0. The predicted octanol–water partition coefficient (Wildman–Crippen LogP) is 8.14. The Labute approximate surface area is 169 Å². The zero-order valence-corrected chi connectivity index (χ0v) is 16.8. The van der Waals surface area contributed by atoms with Crippen LogP contribution in [0.5, 0.6) is 0 Å². The van der Waals surface area contributed by atoms with E-state index in [1.165, 1.54) is 0 Å². The number of rotatable bonds is 7. The molecule has 0 atom stereocenters. The second-order valence-electron chi connectivity index (χ2n) is 4.72. The zero-order chi connectivity index (χ0) is 23.6. The summed E-state index contributed by atoms with van der Waals surface area (Å²) in [4.78, 5) is 0. The molecule has 0 amide bonds. The number of alkyl halides is 17. The molecule has 0 aliphatic rings. The molecular weight excluding hydrogens is 704 g/mol. The highest BCUT2D eigenvalue weighted by molar-refractivity contribution is 14.3. The van der Waals surface area contributed by atoms with Crippen molar-refractivity contribution in [3.63, 3.8) is 0 Å². The summed E-state index contributed by atoms with van der Waals surface area (Å²) >= 11 is 0.556. The van der Waals surface area contributed by atoms with E-state index in [0.29, 0.717) is 0 Å². The van der Waals surface area contributed by atoms with Crippen molar-refractivity contribution in [3.05, 3.63) is 0 Å². The Morgan fingerprint density at radius 1 is 0.357 bits per heavy atom. The third kappa shape index (κ3) is 3.63. The van der Waals surface area contributed by atoms with Crippen LogP contribution in [0.2, 0.25) is 0 Å². The molecule has 0 saturated heterocycles. The van der Waals surface area contributed by atoms with E-state index in [1.807, 2.05) is 0 Å². The molecule has 28 heavy (non-hydrogen) atoms. The lowest BCUT2D eigenvalue weighted by Crippen LogP contribution is -2.74. The van der Waals surface area contributed by atoms with E-state index in [2.05, 4.69) is 0 Å². The fourth-order valence-electron chi connectivity index (χ4n) is 1.26. The first-order valence-corrected chi connectivity index (χ1v) is 12.4. The highest BCUT2D eigenvalue weighted by Gasteiger charge is 2.95. The first-order chi connectivity index (χ1) is 11.7. The van der Waals surface area contributed by atoms with Gasteiger partial charge in [0.1, 0.15) is 3.21 Å². The third-order valence-electron chi connectivity index (χ3n) is 2.92. The van der Waals surface area contributed by atoms with Gasteiger partial charge >= 0.3 is 47.4 Å². The van der Waals surface area contributed by atoms with Gasteiger partial charge in [-0.3, -0.25) is 0 Å². The Balaban J connectivity index is 6.72. The lowest BCUT2D eigenvalue weighted by molar-refractivity contribution is -0.458. The topological polar surface area (TPSA) is 0 Å².